The van der Waals surface area contributed by atoms with Crippen molar-refractivity contribution < 1.29 is 13.5 Å². The van der Waals surface area contributed by atoms with E-state index in [1.165, 1.54) is 11.3 Å². The SMILES string of the molecule is Cc1ccc(S(=O)(=O)Nc2ccccc2-c2nc(CO)cs2)cc1. The molecule has 0 fully saturated rings. The van der Waals surface area contributed by atoms with Gasteiger partial charge in [-0.1, -0.05) is 29.8 Å². The van der Waals surface area contributed by atoms with E-state index >= 15 is 0 Å². The Labute approximate surface area is 144 Å². The third-order valence-corrected chi connectivity index (χ3v) is 5.75. The second-order valence-corrected chi connectivity index (χ2v) is 7.81. The Hall–Kier alpha value is -2.22. The molecule has 3 rings (SSSR count). The van der Waals surface area contributed by atoms with Crippen LogP contribution < -0.4 is 4.72 Å². The zero-order valence-corrected chi connectivity index (χ0v) is 14.6. The van der Waals surface area contributed by atoms with Crippen molar-refractivity contribution in [2.45, 2.75) is 18.4 Å². The van der Waals surface area contributed by atoms with Crippen LogP contribution in [0.4, 0.5) is 5.69 Å². The minimum Gasteiger partial charge on any atom is -0.390 e. The number of aromatic nitrogens is 1. The summed E-state index contributed by atoms with van der Waals surface area (Å²) in [5.41, 5.74) is 2.69. The van der Waals surface area contributed by atoms with E-state index in [9.17, 15) is 8.42 Å². The van der Waals surface area contributed by atoms with Gasteiger partial charge in [-0.3, -0.25) is 4.72 Å². The van der Waals surface area contributed by atoms with Crippen molar-refractivity contribution in [2.24, 2.45) is 0 Å². The average Bonchev–Trinajstić information content (AvgIpc) is 3.04. The van der Waals surface area contributed by atoms with E-state index < -0.39 is 10.0 Å². The lowest BCUT2D eigenvalue weighted by molar-refractivity contribution is 0.278. The summed E-state index contributed by atoms with van der Waals surface area (Å²) in [5.74, 6) is 0. The number of hydrogen-bond acceptors (Lipinski definition) is 5. The highest BCUT2D eigenvalue weighted by molar-refractivity contribution is 7.92. The summed E-state index contributed by atoms with van der Waals surface area (Å²) in [4.78, 5) is 4.51. The van der Waals surface area contributed by atoms with Crippen LogP contribution in [0.3, 0.4) is 0 Å². The second kappa shape index (κ2) is 6.72. The molecule has 0 unspecified atom stereocenters. The van der Waals surface area contributed by atoms with Gasteiger partial charge in [0.25, 0.3) is 10.0 Å². The van der Waals surface area contributed by atoms with Crippen LogP contribution in [-0.4, -0.2) is 18.5 Å². The first-order valence-corrected chi connectivity index (χ1v) is 9.60. The molecule has 0 aliphatic rings. The normalized spacial score (nSPS) is 11.4. The van der Waals surface area contributed by atoms with Gasteiger partial charge in [0.1, 0.15) is 5.01 Å². The van der Waals surface area contributed by atoms with E-state index in [1.54, 1.807) is 47.8 Å². The van der Waals surface area contributed by atoms with E-state index in [4.69, 9.17) is 5.11 Å². The monoisotopic (exact) mass is 360 g/mol. The van der Waals surface area contributed by atoms with Gasteiger partial charge in [-0.25, -0.2) is 13.4 Å². The molecule has 7 heteroatoms. The summed E-state index contributed by atoms with van der Waals surface area (Å²) in [7, 11) is -3.68. The molecule has 0 aliphatic heterocycles. The first kappa shape index (κ1) is 16.6. The lowest BCUT2D eigenvalue weighted by atomic mass is 10.2. The Kier molecular flexibility index (Phi) is 4.66. The summed E-state index contributed by atoms with van der Waals surface area (Å²) >= 11 is 1.36. The molecule has 0 spiro atoms. The van der Waals surface area contributed by atoms with E-state index in [0.29, 0.717) is 22.0 Å². The fourth-order valence-corrected chi connectivity index (χ4v) is 4.11. The summed E-state index contributed by atoms with van der Waals surface area (Å²) in [6.07, 6.45) is 0. The van der Waals surface area contributed by atoms with Gasteiger partial charge in [-0.2, -0.15) is 0 Å². The average molecular weight is 360 g/mol. The molecule has 3 aromatic rings. The Morgan fingerprint density at radius 2 is 1.83 bits per heavy atom. The number of thiazole rings is 1. The van der Waals surface area contributed by atoms with E-state index in [0.717, 1.165) is 5.56 Å². The van der Waals surface area contributed by atoms with Crippen molar-refractivity contribution in [3.8, 4) is 10.6 Å². The minimum absolute atomic E-state index is 0.145. The molecular formula is C17H16N2O3S2. The first-order valence-electron chi connectivity index (χ1n) is 7.24. The largest absolute Gasteiger partial charge is 0.390 e. The van der Waals surface area contributed by atoms with Gasteiger partial charge >= 0.3 is 0 Å². The lowest BCUT2D eigenvalue weighted by Crippen LogP contribution is -2.13. The molecule has 0 saturated carbocycles. The second-order valence-electron chi connectivity index (χ2n) is 5.27. The maximum Gasteiger partial charge on any atom is 0.261 e. The van der Waals surface area contributed by atoms with Gasteiger partial charge in [0.15, 0.2) is 0 Å². The standard InChI is InChI=1S/C17H16N2O3S2/c1-12-6-8-14(9-7-12)24(21,22)19-16-5-3-2-4-15(16)17-18-13(10-20)11-23-17/h2-9,11,19-20H,10H2,1H3. The number of aryl methyl sites for hydroxylation is 1. The van der Waals surface area contributed by atoms with Gasteiger partial charge in [0.05, 0.1) is 22.9 Å². The Bertz CT molecular complexity index is 948. The van der Waals surface area contributed by atoms with Gasteiger partial charge in [-0.15, -0.1) is 11.3 Å². The van der Waals surface area contributed by atoms with Crippen LogP contribution in [0.25, 0.3) is 10.6 Å². The van der Waals surface area contributed by atoms with Crippen molar-refractivity contribution in [2.75, 3.05) is 4.72 Å². The van der Waals surface area contributed by atoms with Crippen LogP contribution in [0.1, 0.15) is 11.3 Å². The molecule has 0 bridgehead atoms. The molecular weight excluding hydrogens is 344 g/mol. The Balaban J connectivity index is 1.97. The molecule has 0 saturated heterocycles. The van der Waals surface area contributed by atoms with Gasteiger partial charge < -0.3 is 5.11 Å². The fourth-order valence-electron chi connectivity index (χ4n) is 2.18. The molecule has 2 aromatic carbocycles. The summed E-state index contributed by atoms with van der Waals surface area (Å²) in [6, 6.07) is 13.7. The van der Waals surface area contributed by atoms with Crippen molar-refractivity contribution in [3.63, 3.8) is 0 Å². The summed E-state index contributed by atoms with van der Waals surface area (Å²) < 4.78 is 27.8. The molecule has 0 atom stereocenters. The quantitative estimate of drug-likeness (QED) is 0.731. The van der Waals surface area contributed by atoms with Crippen LogP contribution in [0, 0.1) is 6.92 Å². The van der Waals surface area contributed by atoms with Crippen LogP contribution in [-0.2, 0) is 16.6 Å². The Morgan fingerprint density at radius 3 is 2.50 bits per heavy atom. The number of aliphatic hydroxyl groups excluding tert-OH is 1. The summed E-state index contributed by atoms with van der Waals surface area (Å²) in [5, 5.41) is 11.6. The molecule has 1 heterocycles. The number of hydrogen-bond donors (Lipinski definition) is 2. The summed E-state index contributed by atoms with van der Waals surface area (Å²) in [6.45, 7) is 1.76. The van der Waals surface area contributed by atoms with Crippen LogP contribution >= 0.6 is 11.3 Å². The number of aliphatic hydroxyl groups is 1. The van der Waals surface area contributed by atoms with Gasteiger partial charge in [0, 0.05) is 10.9 Å². The van der Waals surface area contributed by atoms with Gasteiger partial charge in [-0.05, 0) is 31.2 Å². The molecule has 1 aromatic heterocycles. The van der Waals surface area contributed by atoms with Crippen molar-refractivity contribution >= 4 is 27.0 Å². The smallest absolute Gasteiger partial charge is 0.261 e. The number of anilines is 1. The van der Waals surface area contributed by atoms with Crippen molar-refractivity contribution in [1.29, 1.82) is 0 Å². The third-order valence-electron chi connectivity index (χ3n) is 3.45. The maximum absolute atomic E-state index is 12.6. The molecule has 0 radical (unpaired) electrons. The highest BCUT2D eigenvalue weighted by Crippen LogP contribution is 2.32. The molecule has 24 heavy (non-hydrogen) atoms. The fraction of sp³-hybridized carbons (Fsp3) is 0.118. The molecule has 0 aliphatic carbocycles. The van der Waals surface area contributed by atoms with E-state index in [1.807, 2.05) is 13.0 Å². The van der Waals surface area contributed by atoms with Crippen molar-refractivity contribution in [1.82, 2.24) is 4.98 Å². The number of benzene rings is 2. The van der Waals surface area contributed by atoms with E-state index in [2.05, 4.69) is 9.71 Å². The predicted octanol–water partition coefficient (Wildman–Crippen LogP) is 3.41. The number of nitrogens with one attached hydrogen (secondary N) is 1. The van der Waals surface area contributed by atoms with E-state index in [-0.39, 0.29) is 11.5 Å². The van der Waals surface area contributed by atoms with Crippen LogP contribution in [0.15, 0.2) is 58.8 Å². The topological polar surface area (TPSA) is 79.3 Å². The third kappa shape index (κ3) is 3.48. The Morgan fingerprint density at radius 1 is 1.12 bits per heavy atom. The van der Waals surface area contributed by atoms with Crippen LogP contribution in [0.5, 0.6) is 0 Å². The van der Waals surface area contributed by atoms with Gasteiger partial charge in [0.2, 0.25) is 0 Å². The zero-order valence-electron chi connectivity index (χ0n) is 12.9. The highest BCUT2D eigenvalue weighted by Gasteiger charge is 2.17. The van der Waals surface area contributed by atoms with Crippen LogP contribution in [0.2, 0.25) is 0 Å². The molecule has 2 N–H and O–H groups in total. The number of nitrogens with zero attached hydrogens (tertiary/aromatic N) is 1. The molecule has 124 valence electrons. The first-order chi connectivity index (χ1) is 11.5. The predicted molar refractivity (Wildman–Crippen MR) is 95.5 cm³/mol. The molecule has 0 amide bonds. The number of sulfonamides is 1. The van der Waals surface area contributed by atoms with Crippen molar-refractivity contribution in [3.05, 3.63) is 65.2 Å². The minimum atomic E-state index is -3.68. The lowest BCUT2D eigenvalue weighted by Gasteiger charge is -2.11. The zero-order chi connectivity index (χ0) is 17.2. The molecule has 5 nitrogen and oxygen atoms in total. The number of para-hydroxylation sites is 1. The maximum atomic E-state index is 12.6. The highest BCUT2D eigenvalue weighted by atomic mass is 32.2. The number of rotatable bonds is 5.